The first-order valence-corrected chi connectivity index (χ1v) is 7.22. The third kappa shape index (κ3) is 2.87. The fraction of sp³-hybridized carbons (Fsp3) is 0.333. The highest BCUT2D eigenvalue weighted by Crippen LogP contribution is 2.28. The lowest BCUT2D eigenvalue weighted by Crippen LogP contribution is -2.33. The van der Waals surface area contributed by atoms with Gasteiger partial charge >= 0.3 is 0 Å². The lowest BCUT2D eigenvalue weighted by atomic mass is 10.3. The van der Waals surface area contributed by atoms with Crippen LogP contribution < -0.4 is 15.2 Å². The van der Waals surface area contributed by atoms with Gasteiger partial charge in [-0.25, -0.2) is 17.5 Å². The predicted molar refractivity (Wildman–Crippen MR) is 69.8 cm³/mol. The molecule has 0 heterocycles. The van der Waals surface area contributed by atoms with Crippen molar-refractivity contribution in [2.45, 2.75) is 23.8 Å². The van der Waals surface area contributed by atoms with Crippen LogP contribution in [0.1, 0.15) is 12.8 Å². The molecular formula is C12H15FN2O3S. The van der Waals surface area contributed by atoms with Gasteiger partial charge in [-0.1, -0.05) is 12.2 Å². The number of halogens is 1. The first-order chi connectivity index (χ1) is 8.94. The fourth-order valence-corrected chi connectivity index (χ4v) is 3.27. The van der Waals surface area contributed by atoms with Crippen molar-refractivity contribution >= 4 is 15.7 Å². The third-order valence-corrected chi connectivity index (χ3v) is 4.39. The van der Waals surface area contributed by atoms with E-state index in [1.54, 1.807) is 0 Å². The van der Waals surface area contributed by atoms with Crippen molar-refractivity contribution in [3.8, 4) is 5.75 Å². The second-order valence-electron chi connectivity index (χ2n) is 4.29. The summed E-state index contributed by atoms with van der Waals surface area (Å²) in [5.41, 5.74) is 5.52. The highest BCUT2D eigenvalue weighted by molar-refractivity contribution is 7.89. The molecule has 2 rings (SSSR count). The average Bonchev–Trinajstić information content (AvgIpc) is 2.80. The van der Waals surface area contributed by atoms with E-state index in [1.165, 1.54) is 13.2 Å². The predicted octanol–water partition coefficient (Wildman–Crippen LogP) is 1.41. The smallest absolute Gasteiger partial charge is 0.241 e. The Balaban J connectivity index is 2.30. The molecule has 0 aliphatic heterocycles. The molecule has 0 unspecified atom stereocenters. The number of sulfonamides is 1. The third-order valence-electron chi connectivity index (χ3n) is 2.89. The fourth-order valence-electron chi connectivity index (χ4n) is 1.96. The molecule has 7 heteroatoms. The maximum absolute atomic E-state index is 13.6. The van der Waals surface area contributed by atoms with Gasteiger partial charge in [0.2, 0.25) is 10.0 Å². The normalized spacial score (nSPS) is 15.9. The molecule has 5 nitrogen and oxygen atoms in total. The van der Waals surface area contributed by atoms with E-state index in [0.717, 1.165) is 6.07 Å². The summed E-state index contributed by atoms with van der Waals surface area (Å²) in [6.07, 6.45) is 5.06. The first kappa shape index (κ1) is 13.8. The van der Waals surface area contributed by atoms with Crippen LogP contribution in [0.3, 0.4) is 0 Å². The SMILES string of the molecule is COc1c(N)cc(S(=O)(=O)NC2CC=CC2)cc1F. The molecule has 0 fully saturated rings. The van der Waals surface area contributed by atoms with Crippen LogP contribution in [0.15, 0.2) is 29.2 Å². The minimum Gasteiger partial charge on any atom is -0.492 e. The highest BCUT2D eigenvalue weighted by atomic mass is 32.2. The van der Waals surface area contributed by atoms with Crippen molar-refractivity contribution in [3.63, 3.8) is 0 Å². The minimum absolute atomic E-state index is 0.0487. The second-order valence-corrected chi connectivity index (χ2v) is 6.00. The summed E-state index contributed by atoms with van der Waals surface area (Å²) in [6.45, 7) is 0. The molecule has 1 aromatic rings. The molecule has 1 aliphatic rings. The quantitative estimate of drug-likeness (QED) is 0.648. The van der Waals surface area contributed by atoms with Crippen molar-refractivity contribution in [3.05, 3.63) is 30.1 Å². The Hall–Kier alpha value is -1.60. The van der Waals surface area contributed by atoms with Gasteiger partial charge in [-0.15, -0.1) is 0 Å². The maximum atomic E-state index is 13.6. The van der Waals surface area contributed by atoms with E-state index >= 15 is 0 Å². The van der Waals surface area contributed by atoms with Gasteiger partial charge in [0.25, 0.3) is 0 Å². The number of hydrogen-bond donors (Lipinski definition) is 2. The molecule has 0 atom stereocenters. The lowest BCUT2D eigenvalue weighted by molar-refractivity contribution is 0.388. The summed E-state index contributed by atoms with van der Waals surface area (Å²) in [4.78, 5) is -0.199. The molecule has 0 amide bonds. The summed E-state index contributed by atoms with van der Waals surface area (Å²) in [5.74, 6) is -0.950. The van der Waals surface area contributed by atoms with Gasteiger partial charge in [-0.05, 0) is 25.0 Å². The van der Waals surface area contributed by atoms with Crippen molar-refractivity contribution in [2.75, 3.05) is 12.8 Å². The number of nitrogens with two attached hydrogens (primary N) is 1. The van der Waals surface area contributed by atoms with E-state index in [4.69, 9.17) is 10.5 Å². The van der Waals surface area contributed by atoms with Crippen LogP contribution in [0, 0.1) is 5.82 Å². The molecule has 0 spiro atoms. The van der Waals surface area contributed by atoms with Crippen LogP contribution in [0.5, 0.6) is 5.75 Å². The summed E-state index contributed by atoms with van der Waals surface area (Å²) in [7, 11) is -2.51. The summed E-state index contributed by atoms with van der Waals surface area (Å²) in [5, 5.41) is 0. The van der Waals surface area contributed by atoms with E-state index in [-0.39, 0.29) is 22.4 Å². The lowest BCUT2D eigenvalue weighted by Gasteiger charge is -2.14. The molecule has 19 heavy (non-hydrogen) atoms. The van der Waals surface area contributed by atoms with Crippen molar-refractivity contribution in [1.29, 1.82) is 0 Å². The Bertz CT molecular complexity index is 582. The first-order valence-electron chi connectivity index (χ1n) is 5.74. The van der Waals surface area contributed by atoms with E-state index in [2.05, 4.69) is 4.72 Å². The highest BCUT2D eigenvalue weighted by Gasteiger charge is 2.23. The minimum atomic E-state index is -3.78. The number of nitrogen functional groups attached to an aromatic ring is 1. The van der Waals surface area contributed by atoms with E-state index in [1.807, 2.05) is 12.2 Å². The van der Waals surface area contributed by atoms with Crippen LogP contribution in [-0.2, 0) is 10.0 Å². The maximum Gasteiger partial charge on any atom is 0.241 e. The molecule has 0 bridgehead atoms. The number of anilines is 1. The van der Waals surface area contributed by atoms with Crippen LogP contribution >= 0.6 is 0 Å². The topological polar surface area (TPSA) is 81.4 Å². The van der Waals surface area contributed by atoms with Gasteiger partial charge in [0.05, 0.1) is 17.7 Å². The van der Waals surface area contributed by atoms with Gasteiger partial charge in [0, 0.05) is 6.04 Å². The number of ether oxygens (including phenoxy) is 1. The van der Waals surface area contributed by atoms with Crippen molar-refractivity contribution < 1.29 is 17.5 Å². The molecule has 0 saturated carbocycles. The number of benzene rings is 1. The van der Waals surface area contributed by atoms with Gasteiger partial charge in [0.15, 0.2) is 11.6 Å². The Labute approximate surface area is 111 Å². The standard InChI is InChI=1S/C12H15FN2O3S/c1-18-12-10(13)6-9(7-11(12)14)19(16,17)15-8-4-2-3-5-8/h2-3,6-8,15H,4-5,14H2,1H3. The second kappa shape index (κ2) is 5.18. The zero-order valence-corrected chi connectivity index (χ0v) is 11.2. The number of methoxy groups -OCH3 is 1. The molecule has 0 aromatic heterocycles. The molecular weight excluding hydrogens is 271 g/mol. The van der Waals surface area contributed by atoms with Crippen LogP contribution in [0.25, 0.3) is 0 Å². The molecule has 0 radical (unpaired) electrons. The van der Waals surface area contributed by atoms with Crippen LogP contribution in [0.4, 0.5) is 10.1 Å². The van der Waals surface area contributed by atoms with Crippen LogP contribution in [-0.4, -0.2) is 21.6 Å². The van der Waals surface area contributed by atoms with Crippen molar-refractivity contribution in [2.24, 2.45) is 0 Å². The van der Waals surface area contributed by atoms with Gasteiger partial charge in [0.1, 0.15) is 0 Å². The van der Waals surface area contributed by atoms with Crippen LogP contribution in [0.2, 0.25) is 0 Å². The molecule has 1 aliphatic carbocycles. The van der Waals surface area contributed by atoms with Gasteiger partial charge < -0.3 is 10.5 Å². The molecule has 1 aromatic carbocycles. The summed E-state index contributed by atoms with van der Waals surface area (Å²) in [6, 6.07) is 1.91. The Morgan fingerprint density at radius 1 is 1.37 bits per heavy atom. The molecule has 3 N–H and O–H groups in total. The molecule has 104 valence electrons. The number of nitrogens with one attached hydrogen (secondary N) is 1. The number of rotatable bonds is 4. The van der Waals surface area contributed by atoms with E-state index in [0.29, 0.717) is 12.8 Å². The monoisotopic (exact) mass is 286 g/mol. The Morgan fingerprint density at radius 3 is 2.53 bits per heavy atom. The molecule has 0 saturated heterocycles. The van der Waals surface area contributed by atoms with Gasteiger partial charge in [-0.3, -0.25) is 0 Å². The Morgan fingerprint density at radius 2 is 2.00 bits per heavy atom. The van der Waals surface area contributed by atoms with E-state index < -0.39 is 15.8 Å². The number of hydrogen-bond acceptors (Lipinski definition) is 4. The summed E-state index contributed by atoms with van der Waals surface area (Å²) >= 11 is 0. The van der Waals surface area contributed by atoms with E-state index in [9.17, 15) is 12.8 Å². The van der Waals surface area contributed by atoms with Gasteiger partial charge in [-0.2, -0.15) is 0 Å². The zero-order valence-electron chi connectivity index (χ0n) is 10.4. The zero-order chi connectivity index (χ0) is 14.0. The summed E-state index contributed by atoms with van der Waals surface area (Å²) < 4.78 is 45.1. The largest absolute Gasteiger partial charge is 0.492 e. The van der Waals surface area contributed by atoms with Crippen molar-refractivity contribution in [1.82, 2.24) is 4.72 Å². The average molecular weight is 286 g/mol. The Kier molecular flexibility index (Phi) is 3.77.